The van der Waals surface area contributed by atoms with Crippen LogP contribution < -0.4 is 5.32 Å². The van der Waals surface area contributed by atoms with E-state index in [9.17, 15) is 4.79 Å². The molecule has 0 bridgehead atoms. The maximum absolute atomic E-state index is 10.6. The number of carboxylic acid groups (broad SMARTS) is 1. The number of aromatic carboxylic acids is 1. The van der Waals surface area contributed by atoms with Crippen molar-refractivity contribution in [3.05, 3.63) is 16.1 Å². The Balaban J connectivity index is 2.44. The standard InChI is InChI=1S/C10H16N2O4S/c1-16-5-7(2-3-13)11-4-8-6-17-9(12-8)10(14)15/h6-7,11,13H,2-5H2,1H3,(H,14,15). The van der Waals surface area contributed by atoms with Gasteiger partial charge in [-0.15, -0.1) is 11.3 Å². The minimum Gasteiger partial charge on any atom is -0.476 e. The number of carboxylic acids is 1. The van der Waals surface area contributed by atoms with Crippen LogP contribution in [0, 0.1) is 0 Å². The van der Waals surface area contributed by atoms with E-state index in [0.29, 0.717) is 25.3 Å². The van der Waals surface area contributed by atoms with E-state index >= 15 is 0 Å². The second kappa shape index (κ2) is 7.33. The Bertz CT molecular complexity index is 350. The first kappa shape index (κ1) is 14.0. The molecule has 0 saturated carbocycles. The number of ether oxygens (including phenoxy) is 1. The number of aromatic nitrogens is 1. The topological polar surface area (TPSA) is 91.7 Å². The van der Waals surface area contributed by atoms with Crippen LogP contribution in [0.4, 0.5) is 0 Å². The molecule has 0 fully saturated rings. The van der Waals surface area contributed by atoms with Crippen LogP contribution in [0.3, 0.4) is 0 Å². The largest absolute Gasteiger partial charge is 0.476 e. The van der Waals surface area contributed by atoms with Gasteiger partial charge in [0, 0.05) is 31.7 Å². The molecule has 7 heteroatoms. The molecule has 1 unspecified atom stereocenters. The second-order valence-corrected chi connectivity index (χ2v) is 4.35. The Hall–Kier alpha value is -1.02. The Kier molecular flexibility index (Phi) is 6.06. The summed E-state index contributed by atoms with van der Waals surface area (Å²) in [5.41, 5.74) is 0.687. The maximum Gasteiger partial charge on any atom is 0.365 e. The molecule has 0 aliphatic heterocycles. The van der Waals surface area contributed by atoms with E-state index in [4.69, 9.17) is 14.9 Å². The minimum atomic E-state index is -1.01. The lowest BCUT2D eigenvalue weighted by molar-refractivity contribution is 0.0696. The molecule has 0 radical (unpaired) electrons. The van der Waals surface area contributed by atoms with Crippen LogP contribution >= 0.6 is 11.3 Å². The fourth-order valence-corrected chi connectivity index (χ4v) is 1.99. The summed E-state index contributed by atoms with van der Waals surface area (Å²) in [6.45, 7) is 1.05. The van der Waals surface area contributed by atoms with Gasteiger partial charge >= 0.3 is 5.97 Å². The van der Waals surface area contributed by atoms with E-state index < -0.39 is 5.97 Å². The molecule has 1 atom stereocenters. The molecule has 1 aromatic heterocycles. The number of rotatable bonds is 8. The predicted molar refractivity (Wildman–Crippen MR) is 63.3 cm³/mol. The Labute approximate surface area is 103 Å². The molecule has 0 saturated heterocycles. The van der Waals surface area contributed by atoms with Gasteiger partial charge < -0.3 is 20.3 Å². The molecule has 1 heterocycles. The van der Waals surface area contributed by atoms with Gasteiger partial charge in [-0.3, -0.25) is 0 Å². The van der Waals surface area contributed by atoms with Gasteiger partial charge in [0.2, 0.25) is 5.01 Å². The lowest BCUT2D eigenvalue weighted by Crippen LogP contribution is -2.33. The molecular weight excluding hydrogens is 244 g/mol. The van der Waals surface area contributed by atoms with Gasteiger partial charge in [0.15, 0.2) is 0 Å². The van der Waals surface area contributed by atoms with E-state index in [-0.39, 0.29) is 17.7 Å². The summed E-state index contributed by atoms with van der Waals surface area (Å²) in [4.78, 5) is 14.6. The van der Waals surface area contributed by atoms with E-state index in [0.717, 1.165) is 11.3 Å². The van der Waals surface area contributed by atoms with E-state index in [1.807, 2.05) is 0 Å². The Morgan fingerprint density at radius 3 is 3.00 bits per heavy atom. The highest BCUT2D eigenvalue weighted by atomic mass is 32.1. The zero-order chi connectivity index (χ0) is 12.7. The molecule has 3 N–H and O–H groups in total. The quantitative estimate of drug-likeness (QED) is 0.624. The fraction of sp³-hybridized carbons (Fsp3) is 0.600. The molecule has 6 nitrogen and oxygen atoms in total. The first-order valence-corrected chi connectivity index (χ1v) is 6.06. The minimum absolute atomic E-state index is 0.0416. The van der Waals surface area contributed by atoms with Crippen LogP contribution in [0.5, 0.6) is 0 Å². The summed E-state index contributed by atoms with van der Waals surface area (Å²) in [7, 11) is 1.59. The highest BCUT2D eigenvalue weighted by molar-refractivity contribution is 7.11. The van der Waals surface area contributed by atoms with Crippen LogP contribution in [0.2, 0.25) is 0 Å². The number of aliphatic hydroxyl groups excluding tert-OH is 1. The summed E-state index contributed by atoms with van der Waals surface area (Å²) in [5, 5.41) is 22.5. The zero-order valence-corrected chi connectivity index (χ0v) is 10.4. The van der Waals surface area contributed by atoms with E-state index in [1.54, 1.807) is 12.5 Å². The van der Waals surface area contributed by atoms with Gasteiger partial charge in [-0.25, -0.2) is 9.78 Å². The van der Waals surface area contributed by atoms with Crippen LogP contribution in [-0.2, 0) is 11.3 Å². The number of methoxy groups -OCH3 is 1. The van der Waals surface area contributed by atoms with Crippen LogP contribution in [-0.4, -0.2) is 47.5 Å². The average Bonchev–Trinajstić information content (AvgIpc) is 2.75. The fourth-order valence-electron chi connectivity index (χ4n) is 1.34. The second-order valence-electron chi connectivity index (χ2n) is 3.49. The molecule has 0 aliphatic carbocycles. The van der Waals surface area contributed by atoms with Crippen molar-refractivity contribution in [2.75, 3.05) is 20.3 Å². The number of carbonyl (C=O) groups is 1. The molecule has 0 spiro atoms. The molecule has 17 heavy (non-hydrogen) atoms. The van der Waals surface area contributed by atoms with Gasteiger partial charge in [0.1, 0.15) is 0 Å². The monoisotopic (exact) mass is 260 g/mol. The van der Waals surface area contributed by atoms with Crippen molar-refractivity contribution in [2.24, 2.45) is 0 Å². The highest BCUT2D eigenvalue weighted by Gasteiger charge is 2.11. The third-order valence-corrected chi connectivity index (χ3v) is 3.03. The lowest BCUT2D eigenvalue weighted by atomic mass is 10.2. The van der Waals surface area contributed by atoms with Gasteiger partial charge in [0.25, 0.3) is 0 Å². The smallest absolute Gasteiger partial charge is 0.365 e. The lowest BCUT2D eigenvalue weighted by Gasteiger charge is -2.15. The van der Waals surface area contributed by atoms with Crippen molar-refractivity contribution in [3.8, 4) is 0 Å². The average molecular weight is 260 g/mol. The summed E-state index contributed by atoms with van der Waals surface area (Å²) in [5.74, 6) is -1.01. The first-order chi connectivity index (χ1) is 8.17. The number of nitrogens with zero attached hydrogens (tertiary/aromatic N) is 1. The molecule has 0 aliphatic rings. The molecule has 0 amide bonds. The summed E-state index contributed by atoms with van der Waals surface area (Å²) in [6.07, 6.45) is 0.587. The van der Waals surface area contributed by atoms with E-state index in [1.165, 1.54) is 0 Å². The van der Waals surface area contributed by atoms with Crippen molar-refractivity contribution in [1.82, 2.24) is 10.3 Å². The highest BCUT2D eigenvalue weighted by Crippen LogP contribution is 2.09. The Morgan fingerprint density at radius 2 is 2.47 bits per heavy atom. The van der Waals surface area contributed by atoms with Crippen molar-refractivity contribution in [1.29, 1.82) is 0 Å². The summed E-state index contributed by atoms with van der Waals surface area (Å²) in [6, 6.07) is 0.0416. The van der Waals surface area contributed by atoms with Crippen molar-refractivity contribution in [2.45, 2.75) is 19.0 Å². The van der Waals surface area contributed by atoms with E-state index in [2.05, 4.69) is 10.3 Å². The summed E-state index contributed by atoms with van der Waals surface area (Å²) >= 11 is 1.10. The Morgan fingerprint density at radius 1 is 1.71 bits per heavy atom. The predicted octanol–water partition coefficient (Wildman–Crippen LogP) is 0.328. The number of hydrogen-bond acceptors (Lipinski definition) is 6. The zero-order valence-electron chi connectivity index (χ0n) is 9.55. The molecule has 1 rings (SSSR count). The third-order valence-electron chi connectivity index (χ3n) is 2.15. The number of thiazole rings is 1. The van der Waals surface area contributed by atoms with Gasteiger partial charge in [-0.2, -0.15) is 0 Å². The maximum atomic E-state index is 10.6. The molecule has 1 aromatic rings. The first-order valence-electron chi connectivity index (χ1n) is 5.18. The van der Waals surface area contributed by atoms with Crippen molar-refractivity contribution >= 4 is 17.3 Å². The normalized spacial score (nSPS) is 12.6. The van der Waals surface area contributed by atoms with Crippen molar-refractivity contribution < 1.29 is 19.7 Å². The SMILES string of the molecule is COCC(CCO)NCc1csc(C(=O)O)n1. The molecule has 96 valence electrons. The molecule has 0 aromatic carbocycles. The number of hydrogen-bond donors (Lipinski definition) is 3. The van der Waals surface area contributed by atoms with Gasteiger partial charge in [0.05, 0.1) is 12.3 Å². The van der Waals surface area contributed by atoms with Crippen LogP contribution in [0.25, 0.3) is 0 Å². The van der Waals surface area contributed by atoms with Gasteiger partial charge in [-0.05, 0) is 6.42 Å². The van der Waals surface area contributed by atoms with Crippen LogP contribution in [0.1, 0.15) is 21.9 Å². The third kappa shape index (κ3) is 4.78. The van der Waals surface area contributed by atoms with Crippen molar-refractivity contribution in [3.63, 3.8) is 0 Å². The van der Waals surface area contributed by atoms with Gasteiger partial charge in [-0.1, -0.05) is 0 Å². The number of nitrogens with one attached hydrogen (secondary N) is 1. The number of aliphatic hydroxyl groups is 1. The van der Waals surface area contributed by atoms with Crippen LogP contribution in [0.15, 0.2) is 5.38 Å². The summed E-state index contributed by atoms with van der Waals surface area (Å²) < 4.78 is 5.00. The molecular formula is C10H16N2O4S.